The number of nitro groups is 1. The maximum atomic E-state index is 10.6. The van der Waals surface area contributed by atoms with Gasteiger partial charge in [-0.3, -0.25) is 10.1 Å². The van der Waals surface area contributed by atoms with Gasteiger partial charge in [-0.25, -0.2) is 0 Å². The summed E-state index contributed by atoms with van der Waals surface area (Å²) in [5, 5.41) is 11.2. The van der Waals surface area contributed by atoms with Crippen LogP contribution in [0.1, 0.15) is 0 Å². The third-order valence-corrected chi connectivity index (χ3v) is 3.25. The molecular weight excluding hydrogens is 282 g/mol. The third-order valence-electron chi connectivity index (χ3n) is 2.32. The highest BCUT2D eigenvalue weighted by Crippen LogP contribution is 2.30. The number of methoxy groups -OCH3 is 2. The monoisotopic (exact) mass is 293 g/mol. The van der Waals surface area contributed by atoms with Crippen LogP contribution in [0.4, 0.5) is 5.69 Å². The van der Waals surface area contributed by atoms with Gasteiger partial charge in [-0.05, 0) is 12.1 Å². The molecule has 1 aromatic carbocycles. The summed E-state index contributed by atoms with van der Waals surface area (Å²) in [6, 6.07) is 8.06. The number of aromatic nitrogens is 2. The van der Waals surface area contributed by atoms with Crippen molar-refractivity contribution in [2.24, 2.45) is 0 Å². The molecule has 0 unspecified atom stereocenters. The Morgan fingerprint density at radius 3 is 2.40 bits per heavy atom. The fourth-order valence-electron chi connectivity index (χ4n) is 1.39. The first-order chi connectivity index (χ1) is 9.62. The van der Waals surface area contributed by atoms with Crippen molar-refractivity contribution in [1.29, 1.82) is 0 Å². The highest BCUT2D eigenvalue weighted by atomic mass is 32.2. The zero-order chi connectivity index (χ0) is 14.5. The molecule has 0 aliphatic carbocycles. The van der Waals surface area contributed by atoms with Crippen LogP contribution in [-0.2, 0) is 0 Å². The average molecular weight is 293 g/mol. The molecule has 0 fully saturated rings. The third kappa shape index (κ3) is 3.35. The summed E-state index contributed by atoms with van der Waals surface area (Å²) in [5.41, 5.74) is 0.0483. The lowest BCUT2D eigenvalue weighted by Crippen LogP contribution is -1.96. The summed E-state index contributed by atoms with van der Waals surface area (Å²) in [5.74, 6) is 0.390. The lowest BCUT2D eigenvalue weighted by Gasteiger charge is -2.05. The normalized spacial score (nSPS) is 10.1. The van der Waals surface area contributed by atoms with Gasteiger partial charge >= 0.3 is 6.01 Å². The average Bonchev–Trinajstić information content (AvgIpc) is 2.47. The van der Waals surface area contributed by atoms with Gasteiger partial charge in [0.25, 0.3) is 5.69 Å². The van der Waals surface area contributed by atoms with Crippen LogP contribution in [0, 0.1) is 10.1 Å². The van der Waals surface area contributed by atoms with Crippen LogP contribution in [0.25, 0.3) is 0 Å². The molecule has 0 aliphatic heterocycles. The molecule has 2 rings (SSSR count). The van der Waals surface area contributed by atoms with Crippen LogP contribution in [0.5, 0.6) is 11.9 Å². The largest absolute Gasteiger partial charge is 0.481 e. The van der Waals surface area contributed by atoms with Crippen molar-refractivity contribution < 1.29 is 14.4 Å². The molecule has 0 saturated carbocycles. The summed E-state index contributed by atoms with van der Waals surface area (Å²) < 4.78 is 10.0. The Morgan fingerprint density at radius 2 is 1.85 bits per heavy atom. The molecule has 0 radical (unpaired) electrons. The van der Waals surface area contributed by atoms with Crippen molar-refractivity contribution in [3.8, 4) is 11.9 Å². The molecule has 0 aliphatic rings. The number of benzene rings is 1. The van der Waals surface area contributed by atoms with E-state index >= 15 is 0 Å². The number of hydrogen-bond acceptors (Lipinski definition) is 7. The number of hydrogen-bond donors (Lipinski definition) is 0. The molecular formula is C12H11N3O4S. The van der Waals surface area contributed by atoms with Crippen molar-refractivity contribution in [2.45, 2.75) is 9.92 Å². The van der Waals surface area contributed by atoms with E-state index in [2.05, 4.69) is 9.97 Å². The Balaban J connectivity index is 2.22. The van der Waals surface area contributed by atoms with Crippen molar-refractivity contribution in [1.82, 2.24) is 9.97 Å². The minimum Gasteiger partial charge on any atom is -0.481 e. The minimum atomic E-state index is -0.439. The maximum absolute atomic E-state index is 10.6. The van der Waals surface area contributed by atoms with E-state index in [1.807, 2.05) is 0 Å². The fourth-order valence-corrected chi connectivity index (χ4v) is 2.19. The van der Waals surface area contributed by atoms with E-state index in [1.54, 1.807) is 18.2 Å². The van der Waals surface area contributed by atoms with Crippen LogP contribution in [0.3, 0.4) is 0 Å². The Morgan fingerprint density at radius 1 is 1.15 bits per heavy atom. The molecule has 7 nitrogen and oxygen atoms in total. The zero-order valence-corrected chi connectivity index (χ0v) is 11.6. The summed E-state index contributed by atoms with van der Waals surface area (Å²) in [6.07, 6.45) is 0. The van der Waals surface area contributed by atoms with Gasteiger partial charge < -0.3 is 9.47 Å². The van der Waals surface area contributed by atoms with Gasteiger partial charge in [0.15, 0.2) is 0 Å². The zero-order valence-electron chi connectivity index (χ0n) is 10.8. The smallest absolute Gasteiger partial charge is 0.320 e. The van der Waals surface area contributed by atoms with Gasteiger partial charge in [-0.15, -0.1) is 0 Å². The van der Waals surface area contributed by atoms with Crippen molar-refractivity contribution in [3.63, 3.8) is 0 Å². The first-order valence-corrected chi connectivity index (χ1v) is 6.33. The Kier molecular flexibility index (Phi) is 4.36. The van der Waals surface area contributed by atoms with E-state index in [1.165, 1.54) is 38.1 Å². The first kappa shape index (κ1) is 14.1. The van der Waals surface area contributed by atoms with Crippen LogP contribution >= 0.6 is 11.8 Å². The molecule has 104 valence electrons. The highest BCUT2D eigenvalue weighted by Gasteiger charge is 2.09. The quantitative estimate of drug-likeness (QED) is 0.475. The second kappa shape index (κ2) is 6.20. The number of rotatable bonds is 5. The van der Waals surface area contributed by atoms with E-state index in [-0.39, 0.29) is 11.7 Å². The lowest BCUT2D eigenvalue weighted by molar-refractivity contribution is -0.384. The van der Waals surface area contributed by atoms with Crippen molar-refractivity contribution >= 4 is 17.4 Å². The summed E-state index contributed by atoms with van der Waals surface area (Å²) in [7, 11) is 2.97. The molecule has 1 aromatic heterocycles. The Hall–Kier alpha value is -2.35. The van der Waals surface area contributed by atoms with Crippen LogP contribution in [-0.4, -0.2) is 29.1 Å². The van der Waals surface area contributed by atoms with Gasteiger partial charge in [0, 0.05) is 23.1 Å². The van der Waals surface area contributed by atoms with E-state index in [0.29, 0.717) is 10.9 Å². The topological polar surface area (TPSA) is 87.4 Å². The van der Waals surface area contributed by atoms with Gasteiger partial charge in [0.1, 0.15) is 5.03 Å². The SMILES string of the molecule is COc1cc(Sc2ccc([N+](=O)[O-])cc2)nc(OC)n1. The van der Waals surface area contributed by atoms with Crippen LogP contribution in [0.2, 0.25) is 0 Å². The molecule has 2 aromatic rings. The highest BCUT2D eigenvalue weighted by molar-refractivity contribution is 7.99. The van der Waals surface area contributed by atoms with E-state index in [4.69, 9.17) is 9.47 Å². The predicted octanol–water partition coefficient (Wildman–Crippen LogP) is 2.55. The van der Waals surface area contributed by atoms with E-state index in [9.17, 15) is 10.1 Å². The summed E-state index contributed by atoms with van der Waals surface area (Å²) >= 11 is 1.33. The predicted molar refractivity (Wildman–Crippen MR) is 72.4 cm³/mol. The van der Waals surface area contributed by atoms with Crippen LogP contribution < -0.4 is 9.47 Å². The summed E-state index contributed by atoms with van der Waals surface area (Å²) in [6.45, 7) is 0. The van der Waals surface area contributed by atoms with Crippen molar-refractivity contribution in [2.75, 3.05) is 14.2 Å². The van der Waals surface area contributed by atoms with E-state index < -0.39 is 4.92 Å². The molecule has 20 heavy (non-hydrogen) atoms. The maximum Gasteiger partial charge on any atom is 0.320 e. The minimum absolute atomic E-state index is 0.0483. The molecule has 0 N–H and O–H groups in total. The molecule has 0 atom stereocenters. The first-order valence-electron chi connectivity index (χ1n) is 5.51. The second-order valence-corrected chi connectivity index (χ2v) is 4.68. The molecule has 0 saturated heterocycles. The second-order valence-electron chi connectivity index (χ2n) is 3.59. The number of nitrogens with zero attached hydrogens (tertiary/aromatic N) is 3. The molecule has 0 bridgehead atoms. The van der Waals surface area contributed by atoms with E-state index in [0.717, 1.165) is 4.90 Å². The van der Waals surface area contributed by atoms with Crippen molar-refractivity contribution in [3.05, 3.63) is 40.4 Å². The fraction of sp³-hybridized carbons (Fsp3) is 0.167. The molecule has 1 heterocycles. The molecule has 0 spiro atoms. The lowest BCUT2D eigenvalue weighted by atomic mass is 10.3. The number of ether oxygens (including phenoxy) is 2. The summed E-state index contributed by atoms with van der Waals surface area (Å²) in [4.78, 5) is 19.1. The van der Waals surface area contributed by atoms with Gasteiger partial charge in [-0.2, -0.15) is 9.97 Å². The Bertz CT molecular complexity index is 596. The standard InChI is InChI=1S/C12H11N3O4S/c1-18-10-7-11(14-12(13-10)19-2)20-9-5-3-8(4-6-9)15(16)17/h3-7H,1-2H3. The number of nitro benzene ring substituents is 1. The van der Waals surface area contributed by atoms with Gasteiger partial charge in [-0.1, -0.05) is 11.8 Å². The number of non-ortho nitro benzene ring substituents is 1. The van der Waals surface area contributed by atoms with Crippen LogP contribution in [0.15, 0.2) is 40.3 Å². The van der Waals surface area contributed by atoms with Gasteiger partial charge in [0.2, 0.25) is 5.88 Å². The molecule has 8 heteroatoms. The van der Waals surface area contributed by atoms with Gasteiger partial charge in [0.05, 0.1) is 19.1 Å². The molecule has 0 amide bonds. The Labute approximate surface area is 119 Å².